The Morgan fingerprint density at radius 2 is 2.11 bits per heavy atom. The molecule has 0 unspecified atom stereocenters. The summed E-state index contributed by atoms with van der Waals surface area (Å²) >= 11 is 0. The Morgan fingerprint density at radius 1 is 1.37 bits per heavy atom. The highest BCUT2D eigenvalue weighted by Crippen LogP contribution is 2.33. The fourth-order valence-corrected chi connectivity index (χ4v) is 2.03. The van der Waals surface area contributed by atoms with Crippen LogP contribution in [0.4, 0.5) is 5.69 Å². The van der Waals surface area contributed by atoms with Crippen LogP contribution < -0.4 is 10.1 Å². The molecule has 1 aromatic heterocycles. The molecule has 1 amide bonds. The largest absolute Gasteiger partial charge is 0.495 e. The highest BCUT2D eigenvalue weighted by atomic mass is 16.5. The van der Waals surface area contributed by atoms with Gasteiger partial charge in [-0.25, -0.2) is 0 Å². The van der Waals surface area contributed by atoms with Gasteiger partial charge in [-0.1, -0.05) is 11.2 Å². The molecular weight excluding hydrogens is 244 g/mol. The van der Waals surface area contributed by atoms with Crippen molar-refractivity contribution in [3.05, 3.63) is 29.7 Å². The molecule has 0 radical (unpaired) electrons. The number of hydrogen-bond acceptors (Lipinski definition) is 4. The van der Waals surface area contributed by atoms with Crippen LogP contribution in [-0.4, -0.2) is 18.2 Å². The molecule has 19 heavy (non-hydrogen) atoms. The Hall–Kier alpha value is -2.30. The molecule has 1 aromatic carbocycles. The van der Waals surface area contributed by atoms with Crippen LogP contribution in [0.5, 0.6) is 5.75 Å². The second-order valence-electron chi connectivity index (χ2n) is 4.30. The third kappa shape index (κ3) is 2.59. The van der Waals surface area contributed by atoms with Gasteiger partial charge in [-0.3, -0.25) is 4.79 Å². The van der Waals surface area contributed by atoms with Crippen LogP contribution in [0.25, 0.3) is 11.1 Å². The molecule has 0 fully saturated rings. The number of amides is 1. The zero-order chi connectivity index (χ0) is 14.0. The lowest BCUT2D eigenvalue weighted by atomic mass is 10.0. The summed E-state index contributed by atoms with van der Waals surface area (Å²) in [5, 5.41) is 6.66. The van der Waals surface area contributed by atoms with Gasteiger partial charge in [-0.05, 0) is 31.5 Å². The molecule has 2 rings (SSSR count). The second-order valence-corrected chi connectivity index (χ2v) is 4.30. The molecule has 0 saturated heterocycles. The van der Waals surface area contributed by atoms with Crippen LogP contribution in [0, 0.1) is 13.8 Å². The first-order valence-electron chi connectivity index (χ1n) is 5.91. The van der Waals surface area contributed by atoms with Crippen molar-refractivity contribution in [3.8, 4) is 16.9 Å². The summed E-state index contributed by atoms with van der Waals surface area (Å²) in [5.41, 5.74) is 3.37. The van der Waals surface area contributed by atoms with Crippen molar-refractivity contribution in [1.29, 1.82) is 0 Å². The Kier molecular flexibility index (Phi) is 3.55. The van der Waals surface area contributed by atoms with E-state index in [9.17, 15) is 4.79 Å². The molecule has 0 spiro atoms. The summed E-state index contributed by atoms with van der Waals surface area (Å²) in [7, 11) is 1.57. The van der Waals surface area contributed by atoms with Crippen molar-refractivity contribution >= 4 is 11.6 Å². The molecule has 0 aliphatic rings. The normalized spacial score (nSPS) is 10.3. The molecular formula is C14H16N2O3. The minimum absolute atomic E-state index is 0.136. The van der Waals surface area contributed by atoms with E-state index < -0.39 is 0 Å². The van der Waals surface area contributed by atoms with Gasteiger partial charge >= 0.3 is 0 Å². The fourth-order valence-electron chi connectivity index (χ4n) is 2.03. The van der Waals surface area contributed by atoms with Gasteiger partial charge in [0.05, 0.1) is 18.5 Å². The number of anilines is 1. The molecule has 0 aliphatic carbocycles. The maximum Gasteiger partial charge on any atom is 0.221 e. The van der Waals surface area contributed by atoms with Gasteiger partial charge < -0.3 is 14.6 Å². The number of nitrogens with one attached hydrogen (secondary N) is 1. The summed E-state index contributed by atoms with van der Waals surface area (Å²) in [5.74, 6) is 1.22. The minimum atomic E-state index is -0.136. The van der Waals surface area contributed by atoms with Gasteiger partial charge in [0.25, 0.3) is 0 Å². The van der Waals surface area contributed by atoms with E-state index in [1.165, 1.54) is 6.92 Å². The molecule has 100 valence electrons. The van der Waals surface area contributed by atoms with E-state index in [0.717, 1.165) is 22.6 Å². The predicted octanol–water partition coefficient (Wildman–Crippen LogP) is 2.93. The molecule has 0 saturated carbocycles. The monoisotopic (exact) mass is 260 g/mol. The second kappa shape index (κ2) is 5.14. The van der Waals surface area contributed by atoms with Crippen LogP contribution in [0.15, 0.2) is 22.7 Å². The smallest absolute Gasteiger partial charge is 0.221 e. The number of methoxy groups -OCH3 is 1. The molecule has 5 heteroatoms. The van der Waals surface area contributed by atoms with E-state index in [2.05, 4.69) is 10.5 Å². The summed E-state index contributed by atoms with van der Waals surface area (Å²) in [6.07, 6.45) is 0. The van der Waals surface area contributed by atoms with E-state index in [-0.39, 0.29) is 5.91 Å². The highest BCUT2D eigenvalue weighted by molar-refractivity contribution is 5.91. The van der Waals surface area contributed by atoms with Crippen LogP contribution in [-0.2, 0) is 4.79 Å². The topological polar surface area (TPSA) is 64.4 Å². The maximum atomic E-state index is 11.1. The average Bonchev–Trinajstić information content (AvgIpc) is 2.69. The SMILES string of the molecule is COc1cc(-c2c(C)noc2C)ccc1NC(C)=O. The maximum absolute atomic E-state index is 11.1. The van der Waals surface area contributed by atoms with Crippen LogP contribution in [0.1, 0.15) is 18.4 Å². The van der Waals surface area contributed by atoms with Crippen LogP contribution >= 0.6 is 0 Å². The lowest BCUT2D eigenvalue weighted by molar-refractivity contribution is -0.114. The van der Waals surface area contributed by atoms with Crippen molar-refractivity contribution in [3.63, 3.8) is 0 Å². The number of hydrogen-bond donors (Lipinski definition) is 1. The average molecular weight is 260 g/mol. The van der Waals surface area contributed by atoms with E-state index in [1.807, 2.05) is 26.0 Å². The van der Waals surface area contributed by atoms with Gasteiger partial charge in [0.15, 0.2) is 0 Å². The highest BCUT2D eigenvalue weighted by Gasteiger charge is 2.14. The quantitative estimate of drug-likeness (QED) is 0.921. The number of aromatic nitrogens is 1. The molecule has 0 aliphatic heterocycles. The molecule has 0 bridgehead atoms. The van der Waals surface area contributed by atoms with E-state index in [4.69, 9.17) is 9.26 Å². The van der Waals surface area contributed by atoms with Gasteiger partial charge in [-0.15, -0.1) is 0 Å². The van der Waals surface area contributed by atoms with Crippen molar-refractivity contribution in [1.82, 2.24) is 5.16 Å². The number of carbonyl (C=O) groups is 1. The Morgan fingerprint density at radius 3 is 2.63 bits per heavy atom. The summed E-state index contributed by atoms with van der Waals surface area (Å²) in [6, 6.07) is 5.57. The molecule has 1 N–H and O–H groups in total. The van der Waals surface area contributed by atoms with E-state index >= 15 is 0 Å². The van der Waals surface area contributed by atoms with Gasteiger partial charge in [0.2, 0.25) is 5.91 Å². The first kappa shape index (κ1) is 13.1. The van der Waals surface area contributed by atoms with Crippen LogP contribution in [0.2, 0.25) is 0 Å². The standard InChI is InChI=1S/C14H16N2O3/c1-8-14(9(2)19-16-8)11-5-6-12(15-10(3)17)13(7-11)18-4/h5-7H,1-4H3,(H,15,17). The minimum Gasteiger partial charge on any atom is -0.495 e. The number of nitrogens with zero attached hydrogens (tertiary/aromatic N) is 1. The number of aryl methyl sites for hydroxylation is 2. The third-order valence-corrected chi connectivity index (χ3v) is 2.83. The lowest BCUT2D eigenvalue weighted by Gasteiger charge is -2.10. The Bertz CT molecular complexity index is 598. The van der Waals surface area contributed by atoms with Gasteiger partial charge in [-0.2, -0.15) is 0 Å². The lowest BCUT2D eigenvalue weighted by Crippen LogP contribution is -2.07. The van der Waals surface area contributed by atoms with Crippen molar-refractivity contribution in [2.24, 2.45) is 0 Å². The van der Waals surface area contributed by atoms with Gasteiger partial charge in [0, 0.05) is 12.5 Å². The molecule has 0 atom stereocenters. The molecule has 1 heterocycles. The first-order chi connectivity index (χ1) is 9.02. The van der Waals surface area contributed by atoms with Crippen LogP contribution in [0.3, 0.4) is 0 Å². The van der Waals surface area contributed by atoms with Crippen molar-refractivity contribution in [2.75, 3.05) is 12.4 Å². The van der Waals surface area contributed by atoms with E-state index in [0.29, 0.717) is 11.4 Å². The number of carbonyl (C=O) groups excluding carboxylic acids is 1. The fraction of sp³-hybridized carbons (Fsp3) is 0.286. The predicted molar refractivity (Wildman–Crippen MR) is 72.3 cm³/mol. The zero-order valence-corrected chi connectivity index (χ0v) is 11.4. The van der Waals surface area contributed by atoms with E-state index in [1.54, 1.807) is 13.2 Å². The van der Waals surface area contributed by atoms with Crippen molar-refractivity contribution in [2.45, 2.75) is 20.8 Å². The molecule has 2 aromatic rings. The summed E-state index contributed by atoms with van der Waals surface area (Å²) < 4.78 is 10.5. The number of benzene rings is 1. The number of ether oxygens (including phenoxy) is 1. The first-order valence-corrected chi connectivity index (χ1v) is 5.91. The van der Waals surface area contributed by atoms with Crippen molar-refractivity contribution < 1.29 is 14.1 Å². The zero-order valence-electron chi connectivity index (χ0n) is 11.4. The summed E-state index contributed by atoms with van der Waals surface area (Å²) in [4.78, 5) is 11.1. The Labute approximate surface area is 111 Å². The number of rotatable bonds is 3. The van der Waals surface area contributed by atoms with Gasteiger partial charge in [0.1, 0.15) is 11.5 Å². The summed E-state index contributed by atoms with van der Waals surface area (Å²) in [6.45, 7) is 5.21. The third-order valence-electron chi connectivity index (χ3n) is 2.83. The molecule has 5 nitrogen and oxygen atoms in total. The Balaban J connectivity index is 2.47.